The molecule has 3 heterocycles. The van der Waals surface area contributed by atoms with Gasteiger partial charge >= 0.3 is 0 Å². The van der Waals surface area contributed by atoms with Crippen LogP contribution in [0.3, 0.4) is 0 Å². The third-order valence-electron chi connectivity index (χ3n) is 5.11. The van der Waals surface area contributed by atoms with Gasteiger partial charge < -0.3 is 0 Å². The average Bonchev–Trinajstić information content (AvgIpc) is 3.27. The molecule has 5 nitrogen and oxygen atoms in total. The molecule has 1 unspecified atom stereocenters. The van der Waals surface area contributed by atoms with Crippen LogP contribution in [0.25, 0.3) is 5.82 Å². The van der Waals surface area contributed by atoms with Crippen molar-refractivity contribution in [3.63, 3.8) is 0 Å². The van der Waals surface area contributed by atoms with Gasteiger partial charge in [0.15, 0.2) is 5.82 Å². The van der Waals surface area contributed by atoms with Crippen molar-refractivity contribution in [2.75, 3.05) is 6.54 Å². The van der Waals surface area contributed by atoms with E-state index in [1.807, 2.05) is 23.3 Å². The second kappa shape index (κ2) is 6.16. The second-order valence-electron chi connectivity index (χ2n) is 6.42. The molecule has 2 fully saturated rings. The number of hydrogen-bond donors (Lipinski definition) is 0. The molecule has 1 atom stereocenters. The molecule has 0 bridgehead atoms. The Morgan fingerprint density at radius 3 is 2.59 bits per heavy atom. The van der Waals surface area contributed by atoms with Crippen molar-refractivity contribution in [2.24, 2.45) is 0 Å². The van der Waals surface area contributed by atoms with Crippen molar-refractivity contribution in [1.82, 2.24) is 24.4 Å². The number of aromatic nitrogens is 4. The fourth-order valence-corrected chi connectivity index (χ4v) is 4.09. The van der Waals surface area contributed by atoms with Crippen LogP contribution in [0.4, 0.5) is 0 Å². The molecule has 0 amide bonds. The molecular formula is C17H23N5. The number of hydrogen-bond acceptors (Lipinski definition) is 4. The molecule has 2 aromatic rings. The van der Waals surface area contributed by atoms with E-state index >= 15 is 0 Å². The Kier molecular flexibility index (Phi) is 3.89. The van der Waals surface area contributed by atoms with Crippen molar-refractivity contribution < 1.29 is 0 Å². The maximum atomic E-state index is 4.71. The summed E-state index contributed by atoms with van der Waals surface area (Å²) in [4.78, 5) is 16.1. The minimum absolute atomic E-state index is 0.411. The van der Waals surface area contributed by atoms with Crippen molar-refractivity contribution in [3.8, 4) is 5.82 Å². The molecule has 1 saturated heterocycles. The monoisotopic (exact) mass is 297 g/mol. The summed E-state index contributed by atoms with van der Waals surface area (Å²) in [5, 5.41) is 0. The molecule has 2 aliphatic rings. The van der Waals surface area contributed by atoms with Gasteiger partial charge in [-0.15, -0.1) is 0 Å². The fraction of sp³-hybridized carbons (Fsp3) is 0.588. The lowest BCUT2D eigenvalue weighted by atomic mass is 9.93. The van der Waals surface area contributed by atoms with Crippen molar-refractivity contribution in [2.45, 2.75) is 57.0 Å². The van der Waals surface area contributed by atoms with Crippen molar-refractivity contribution in [3.05, 3.63) is 36.8 Å². The molecule has 5 heteroatoms. The summed E-state index contributed by atoms with van der Waals surface area (Å²) in [5.41, 5.74) is 1.11. The molecule has 0 radical (unpaired) electrons. The molecular weight excluding hydrogens is 274 g/mol. The first-order valence-corrected chi connectivity index (χ1v) is 8.48. The lowest BCUT2D eigenvalue weighted by Gasteiger charge is -2.35. The smallest absolute Gasteiger partial charge is 0.161 e. The zero-order valence-corrected chi connectivity index (χ0v) is 12.9. The first-order chi connectivity index (χ1) is 10.9. The summed E-state index contributed by atoms with van der Waals surface area (Å²) >= 11 is 0. The molecule has 0 spiro atoms. The maximum Gasteiger partial charge on any atom is 0.161 e. The van der Waals surface area contributed by atoms with Gasteiger partial charge in [0.2, 0.25) is 0 Å². The Morgan fingerprint density at radius 1 is 0.909 bits per heavy atom. The van der Waals surface area contributed by atoms with Crippen LogP contribution < -0.4 is 0 Å². The van der Waals surface area contributed by atoms with Crippen LogP contribution >= 0.6 is 0 Å². The Labute approximate surface area is 131 Å². The van der Waals surface area contributed by atoms with Gasteiger partial charge in [-0.25, -0.2) is 9.97 Å². The predicted molar refractivity (Wildman–Crippen MR) is 84.7 cm³/mol. The lowest BCUT2D eigenvalue weighted by molar-refractivity contribution is 0.140. The zero-order chi connectivity index (χ0) is 14.8. The van der Waals surface area contributed by atoms with E-state index in [9.17, 15) is 0 Å². The second-order valence-corrected chi connectivity index (χ2v) is 6.42. The van der Waals surface area contributed by atoms with E-state index in [1.54, 1.807) is 12.4 Å². The van der Waals surface area contributed by atoms with Gasteiger partial charge in [-0.3, -0.25) is 14.5 Å². The van der Waals surface area contributed by atoms with Gasteiger partial charge in [0.25, 0.3) is 0 Å². The van der Waals surface area contributed by atoms with Crippen molar-refractivity contribution in [1.29, 1.82) is 0 Å². The van der Waals surface area contributed by atoms with E-state index in [0.29, 0.717) is 6.04 Å². The Hall–Kier alpha value is -1.75. The van der Waals surface area contributed by atoms with Gasteiger partial charge in [-0.2, -0.15) is 0 Å². The lowest BCUT2D eigenvalue weighted by Crippen LogP contribution is -2.37. The summed E-state index contributed by atoms with van der Waals surface area (Å²) in [6.07, 6.45) is 18.5. The molecule has 0 aromatic carbocycles. The van der Waals surface area contributed by atoms with Gasteiger partial charge in [-0.1, -0.05) is 19.3 Å². The van der Waals surface area contributed by atoms with Crippen LogP contribution in [0.1, 0.15) is 56.7 Å². The van der Waals surface area contributed by atoms with E-state index in [1.165, 1.54) is 51.5 Å². The predicted octanol–water partition coefficient (Wildman–Crippen LogP) is 3.13. The topological polar surface area (TPSA) is 46.8 Å². The maximum absolute atomic E-state index is 4.71. The van der Waals surface area contributed by atoms with Crippen LogP contribution in [0.2, 0.25) is 0 Å². The summed E-state index contributed by atoms with van der Waals surface area (Å²) in [6, 6.07) is 1.15. The number of imidazole rings is 1. The molecule has 0 N–H and O–H groups in total. The molecule has 1 aliphatic carbocycles. The molecule has 1 aliphatic heterocycles. The Morgan fingerprint density at radius 2 is 1.77 bits per heavy atom. The highest BCUT2D eigenvalue weighted by Crippen LogP contribution is 2.38. The standard InChI is InChI=1S/C17H23N5/c1-2-5-14(6-3-1)22-11-4-7-15(22)16-17(20-9-8-19-16)21-12-10-18-13-21/h8-10,12-15H,1-7,11H2. The van der Waals surface area contributed by atoms with E-state index in [4.69, 9.17) is 4.98 Å². The van der Waals surface area contributed by atoms with Crippen LogP contribution in [0.5, 0.6) is 0 Å². The van der Waals surface area contributed by atoms with Gasteiger partial charge in [-0.05, 0) is 32.2 Å². The molecule has 116 valence electrons. The van der Waals surface area contributed by atoms with E-state index in [0.717, 1.165) is 17.6 Å². The average molecular weight is 297 g/mol. The molecule has 1 saturated carbocycles. The van der Waals surface area contributed by atoms with Gasteiger partial charge in [0.05, 0.1) is 6.04 Å². The molecule has 22 heavy (non-hydrogen) atoms. The van der Waals surface area contributed by atoms with E-state index in [2.05, 4.69) is 14.9 Å². The summed E-state index contributed by atoms with van der Waals surface area (Å²) in [7, 11) is 0. The normalized spacial score (nSPS) is 23.9. The highest BCUT2D eigenvalue weighted by molar-refractivity contribution is 5.31. The Balaban J connectivity index is 1.66. The number of nitrogens with zero attached hydrogens (tertiary/aromatic N) is 5. The number of likely N-dealkylation sites (tertiary alicyclic amines) is 1. The van der Waals surface area contributed by atoms with Crippen LogP contribution in [0.15, 0.2) is 31.1 Å². The zero-order valence-electron chi connectivity index (χ0n) is 12.9. The highest BCUT2D eigenvalue weighted by Gasteiger charge is 2.34. The molecule has 4 rings (SSSR count). The highest BCUT2D eigenvalue weighted by atomic mass is 15.2. The summed E-state index contributed by atoms with van der Waals surface area (Å²) < 4.78 is 1.99. The van der Waals surface area contributed by atoms with Crippen LogP contribution in [-0.2, 0) is 0 Å². The van der Waals surface area contributed by atoms with Crippen molar-refractivity contribution >= 4 is 0 Å². The third kappa shape index (κ3) is 2.54. The third-order valence-corrected chi connectivity index (χ3v) is 5.11. The first-order valence-electron chi connectivity index (χ1n) is 8.48. The number of rotatable bonds is 3. The SMILES string of the molecule is c1cn(-c2nccnc2C2CCCN2C2CCCCC2)cn1. The minimum atomic E-state index is 0.411. The fourth-order valence-electron chi connectivity index (χ4n) is 4.09. The van der Waals surface area contributed by atoms with E-state index in [-0.39, 0.29) is 0 Å². The van der Waals surface area contributed by atoms with Gasteiger partial charge in [0.1, 0.15) is 12.0 Å². The first kappa shape index (κ1) is 13.9. The quantitative estimate of drug-likeness (QED) is 0.873. The summed E-state index contributed by atoms with van der Waals surface area (Å²) in [5.74, 6) is 0.938. The minimum Gasteiger partial charge on any atom is -0.292 e. The van der Waals surface area contributed by atoms with E-state index < -0.39 is 0 Å². The van der Waals surface area contributed by atoms with Crippen LogP contribution in [0, 0.1) is 0 Å². The molecule has 2 aromatic heterocycles. The summed E-state index contributed by atoms with van der Waals surface area (Å²) in [6.45, 7) is 1.20. The van der Waals surface area contributed by atoms with Crippen LogP contribution in [-0.4, -0.2) is 37.0 Å². The van der Waals surface area contributed by atoms with Gasteiger partial charge in [0, 0.05) is 30.8 Å². The Bertz CT molecular complexity index is 603. The largest absolute Gasteiger partial charge is 0.292 e.